The molecule has 2 saturated heterocycles. The van der Waals surface area contributed by atoms with E-state index < -0.39 is 23.5 Å². The van der Waals surface area contributed by atoms with Crippen LogP contribution in [0.3, 0.4) is 0 Å². The van der Waals surface area contributed by atoms with E-state index in [-0.39, 0.29) is 18.2 Å². The van der Waals surface area contributed by atoms with Crippen LogP contribution in [-0.2, 0) is 14.4 Å². The lowest BCUT2D eigenvalue weighted by molar-refractivity contribution is -0.176. The fourth-order valence-corrected chi connectivity index (χ4v) is 2.89. The predicted octanol–water partition coefficient (Wildman–Crippen LogP) is -1.78. The molecule has 19 heavy (non-hydrogen) atoms. The van der Waals surface area contributed by atoms with Crippen LogP contribution in [0.2, 0.25) is 0 Å². The van der Waals surface area contributed by atoms with Gasteiger partial charge in [0.1, 0.15) is 6.04 Å². The third-order valence-corrected chi connectivity index (χ3v) is 3.92. The van der Waals surface area contributed by atoms with Gasteiger partial charge in [0.15, 0.2) is 0 Å². The highest BCUT2D eigenvalue weighted by atomic mass is 16.3. The number of piperidine rings is 1. The number of carbonyl (C=O) groups excluding carboxylic acids is 3. The van der Waals surface area contributed by atoms with Gasteiger partial charge in [0, 0.05) is 26.6 Å². The second-order valence-corrected chi connectivity index (χ2v) is 5.29. The fraction of sp³-hybridized carbons (Fsp3) is 0.750. The van der Waals surface area contributed by atoms with Gasteiger partial charge >= 0.3 is 0 Å². The summed E-state index contributed by atoms with van der Waals surface area (Å²) < 4.78 is 0. The average molecular weight is 269 g/mol. The molecular weight excluding hydrogens is 250 g/mol. The summed E-state index contributed by atoms with van der Waals surface area (Å²) in [5.41, 5.74) is -0.663. The van der Waals surface area contributed by atoms with Gasteiger partial charge in [0.25, 0.3) is 0 Å². The lowest BCUT2D eigenvalue weighted by Gasteiger charge is -2.53. The molecule has 2 aliphatic rings. The third kappa shape index (κ3) is 2.18. The lowest BCUT2D eigenvalue weighted by Crippen LogP contribution is -2.71. The fourth-order valence-electron chi connectivity index (χ4n) is 2.89. The molecule has 0 aromatic carbocycles. The number of hydrogen-bond acceptors (Lipinski definition) is 4. The molecule has 7 nitrogen and oxygen atoms in total. The van der Waals surface area contributed by atoms with Gasteiger partial charge in [0.2, 0.25) is 17.7 Å². The van der Waals surface area contributed by atoms with E-state index in [9.17, 15) is 19.5 Å². The molecule has 0 unspecified atom stereocenters. The molecule has 0 aliphatic carbocycles. The zero-order chi connectivity index (χ0) is 14.2. The molecule has 7 heteroatoms. The van der Waals surface area contributed by atoms with Gasteiger partial charge in [0.05, 0.1) is 11.5 Å². The van der Waals surface area contributed by atoms with E-state index in [2.05, 4.69) is 10.6 Å². The zero-order valence-electron chi connectivity index (χ0n) is 11.1. The Morgan fingerprint density at radius 2 is 2.21 bits per heavy atom. The predicted molar refractivity (Wildman–Crippen MR) is 65.9 cm³/mol. The van der Waals surface area contributed by atoms with Crippen molar-refractivity contribution < 1.29 is 19.5 Å². The first-order valence-electron chi connectivity index (χ1n) is 6.39. The molecule has 3 amide bonds. The Morgan fingerprint density at radius 1 is 1.53 bits per heavy atom. The van der Waals surface area contributed by atoms with E-state index in [1.807, 2.05) is 0 Å². The molecule has 2 heterocycles. The highest BCUT2D eigenvalue weighted by molar-refractivity contribution is 5.98. The Balaban J connectivity index is 2.11. The minimum absolute atomic E-state index is 0.132. The normalized spacial score (nSPS) is 29.5. The maximum Gasteiger partial charge on any atom is 0.245 e. The van der Waals surface area contributed by atoms with Gasteiger partial charge < -0.3 is 20.6 Å². The number of rotatable bonds is 3. The first-order chi connectivity index (χ1) is 8.91. The monoisotopic (exact) mass is 269 g/mol. The smallest absolute Gasteiger partial charge is 0.245 e. The summed E-state index contributed by atoms with van der Waals surface area (Å²) in [7, 11) is 1.46. The topological polar surface area (TPSA) is 98.7 Å². The molecule has 0 saturated carbocycles. The highest BCUT2D eigenvalue weighted by Crippen LogP contribution is 2.41. The molecule has 3 atom stereocenters. The average Bonchev–Trinajstić information content (AvgIpc) is 2.37. The number of nitrogens with one attached hydrogen (secondary N) is 2. The van der Waals surface area contributed by atoms with Crippen molar-refractivity contribution in [2.75, 3.05) is 20.1 Å². The lowest BCUT2D eigenvalue weighted by atomic mass is 9.70. The summed E-state index contributed by atoms with van der Waals surface area (Å²) >= 11 is 0. The van der Waals surface area contributed by atoms with Crippen LogP contribution in [0.15, 0.2) is 0 Å². The van der Waals surface area contributed by atoms with Crippen molar-refractivity contribution in [1.29, 1.82) is 0 Å². The second-order valence-electron chi connectivity index (χ2n) is 5.29. The van der Waals surface area contributed by atoms with E-state index in [1.54, 1.807) is 0 Å². The van der Waals surface area contributed by atoms with Gasteiger partial charge in [-0.05, 0) is 13.3 Å². The number of aliphatic hydroxyl groups excluding tert-OH is 1. The quantitative estimate of drug-likeness (QED) is 0.528. The molecule has 2 rings (SSSR count). The molecule has 2 fully saturated rings. The van der Waals surface area contributed by atoms with Crippen LogP contribution in [0.5, 0.6) is 0 Å². The molecule has 1 spiro atoms. The van der Waals surface area contributed by atoms with Crippen LogP contribution >= 0.6 is 0 Å². The maximum atomic E-state index is 12.3. The zero-order valence-corrected chi connectivity index (χ0v) is 11.1. The van der Waals surface area contributed by atoms with Crippen molar-refractivity contribution in [3.63, 3.8) is 0 Å². The first kappa shape index (κ1) is 13.8. The van der Waals surface area contributed by atoms with Crippen molar-refractivity contribution in [1.82, 2.24) is 15.5 Å². The number of carbonyl (C=O) groups is 3. The molecular formula is C12H19N3O4. The Morgan fingerprint density at radius 3 is 2.68 bits per heavy atom. The van der Waals surface area contributed by atoms with Crippen LogP contribution < -0.4 is 10.6 Å². The van der Waals surface area contributed by atoms with E-state index in [0.717, 1.165) is 0 Å². The minimum atomic E-state index is -0.946. The summed E-state index contributed by atoms with van der Waals surface area (Å²) in [6.07, 6.45) is -0.185. The van der Waals surface area contributed by atoms with Crippen LogP contribution in [-0.4, -0.2) is 60.0 Å². The Bertz CT molecular complexity index is 423. The standard InChI is InChI=1S/C12H19N3O4/c1-7(16)9(10(18)13-2)15-6-12(11(15)19)3-4-14-8(17)5-12/h7,9,16H,3-6H2,1-2H3,(H,13,18)(H,14,17)/t7-,9+,12+/m1/s1. The Kier molecular flexibility index (Phi) is 3.49. The largest absolute Gasteiger partial charge is 0.391 e. The molecule has 106 valence electrons. The third-order valence-electron chi connectivity index (χ3n) is 3.92. The van der Waals surface area contributed by atoms with Crippen LogP contribution in [0.25, 0.3) is 0 Å². The summed E-state index contributed by atoms with van der Waals surface area (Å²) in [6.45, 7) is 2.31. The number of likely N-dealkylation sites (N-methyl/N-ethyl adjacent to an activating group) is 1. The van der Waals surface area contributed by atoms with E-state index in [0.29, 0.717) is 19.5 Å². The molecule has 2 aliphatic heterocycles. The summed E-state index contributed by atoms with van der Waals surface area (Å²) in [5.74, 6) is -0.733. The van der Waals surface area contributed by atoms with E-state index in [4.69, 9.17) is 0 Å². The van der Waals surface area contributed by atoms with E-state index >= 15 is 0 Å². The van der Waals surface area contributed by atoms with Gasteiger partial charge in [-0.25, -0.2) is 0 Å². The summed E-state index contributed by atoms with van der Waals surface area (Å²) in [6, 6.07) is -0.881. The maximum absolute atomic E-state index is 12.3. The number of amides is 3. The summed E-state index contributed by atoms with van der Waals surface area (Å²) in [5, 5.41) is 14.8. The van der Waals surface area contributed by atoms with Crippen LogP contribution in [0, 0.1) is 5.41 Å². The number of aliphatic hydroxyl groups is 1. The van der Waals surface area contributed by atoms with Crippen molar-refractivity contribution in [2.24, 2.45) is 5.41 Å². The first-order valence-corrected chi connectivity index (χ1v) is 6.39. The Labute approximate surface area is 111 Å². The molecule has 0 bridgehead atoms. The van der Waals surface area contributed by atoms with Gasteiger partial charge in [-0.1, -0.05) is 0 Å². The highest BCUT2D eigenvalue weighted by Gasteiger charge is 2.57. The van der Waals surface area contributed by atoms with Gasteiger partial charge in [-0.15, -0.1) is 0 Å². The second kappa shape index (κ2) is 4.80. The van der Waals surface area contributed by atoms with Crippen molar-refractivity contribution in [3.05, 3.63) is 0 Å². The minimum Gasteiger partial charge on any atom is -0.391 e. The number of likely N-dealkylation sites (tertiary alicyclic amines) is 1. The number of hydrogen-bond donors (Lipinski definition) is 3. The van der Waals surface area contributed by atoms with Crippen LogP contribution in [0.4, 0.5) is 0 Å². The Hall–Kier alpha value is -1.63. The van der Waals surface area contributed by atoms with Crippen LogP contribution in [0.1, 0.15) is 19.8 Å². The SMILES string of the molecule is CNC(=O)[C@H]([C@@H](C)O)N1C[C@@]2(CCNC(=O)C2)C1=O. The molecule has 0 radical (unpaired) electrons. The van der Waals surface area contributed by atoms with Gasteiger partial charge in [-0.2, -0.15) is 0 Å². The van der Waals surface area contributed by atoms with Crippen molar-refractivity contribution in [2.45, 2.75) is 31.9 Å². The van der Waals surface area contributed by atoms with Gasteiger partial charge in [-0.3, -0.25) is 14.4 Å². The molecule has 0 aromatic rings. The van der Waals surface area contributed by atoms with E-state index in [1.165, 1.54) is 18.9 Å². The summed E-state index contributed by atoms with van der Waals surface area (Å²) in [4.78, 5) is 36.8. The van der Waals surface area contributed by atoms with Crippen molar-refractivity contribution in [3.8, 4) is 0 Å². The molecule has 3 N–H and O–H groups in total. The number of nitrogens with zero attached hydrogens (tertiary/aromatic N) is 1. The number of β-lactam (4-membered cyclic amide) rings is 1. The van der Waals surface area contributed by atoms with Crippen molar-refractivity contribution >= 4 is 17.7 Å². The molecule has 0 aromatic heterocycles.